The van der Waals surface area contributed by atoms with Crippen LogP contribution in [0.2, 0.25) is 0 Å². The van der Waals surface area contributed by atoms with Crippen LogP contribution in [-0.4, -0.2) is 36.6 Å². The van der Waals surface area contributed by atoms with Gasteiger partial charge >= 0.3 is 0 Å². The molecule has 0 saturated carbocycles. The molecule has 1 fully saturated rings. The molecule has 1 rings (SSSR count). The average Bonchev–Trinajstić information content (AvgIpc) is 2.51. The molecule has 22 heavy (non-hydrogen) atoms. The third-order valence-electron chi connectivity index (χ3n) is 5.19. The van der Waals surface area contributed by atoms with Gasteiger partial charge in [0, 0.05) is 25.2 Å². The molecule has 1 aliphatic heterocycles. The summed E-state index contributed by atoms with van der Waals surface area (Å²) in [6, 6.07) is 1.40. The van der Waals surface area contributed by atoms with Crippen molar-refractivity contribution in [2.24, 2.45) is 0 Å². The zero-order valence-corrected chi connectivity index (χ0v) is 15.7. The third-order valence-corrected chi connectivity index (χ3v) is 5.19. The summed E-state index contributed by atoms with van der Waals surface area (Å²) >= 11 is 0. The van der Waals surface area contributed by atoms with E-state index in [2.05, 4.69) is 31.0 Å². The minimum Gasteiger partial charge on any atom is -0.311 e. The minimum atomic E-state index is 0.675. The summed E-state index contributed by atoms with van der Waals surface area (Å²) in [7, 11) is 0. The van der Waals surface area contributed by atoms with E-state index >= 15 is 0 Å². The van der Waals surface area contributed by atoms with Gasteiger partial charge < -0.3 is 5.32 Å². The van der Waals surface area contributed by atoms with Crippen molar-refractivity contribution in [3.8, 4) is 0 Å². The predicted octanol–water partition coefficient (Wildman–Crippen LogP) is 5.37. The van der Waals surface area contributed by atoms with Gasteiger partial charge in [-0.25, -0.2) is 0 Å². The molecule has 2 atom stereocenters. The normalized spacial score (nSPS) is 23.0. The van der Waals surface area contributed by atoms with E-state index in [4.69, 9.17) is 0 Å². The highest BCUT2D eigenvalue weighted by molar-refractivity contribution is 4.80. The number of hydrogen-bond acceptors (Lipinski definition) is 2. The van der Waals surface area contributed by atoms with Gasteiger partial charge in [0.2, 0.25) is 0 Å². The molecule has 0 aromatic heterocycles. The van der Waals surface area contributed by atoms with E-state index in [1.165, 1.54) is 96.7 Å². The Balaban J connectivity index is 1.81. The van der Waals surface area contributed by atoms with Crippen molar-refractivity contribution in [1.29, 1.82) is 0 Å². The van der Waals surface area contributed by atoms with Crippen LogP contribution in [0.5, 0.6) is 0 Å². The van der Waals surface area contributed by atoms with Crippen LogP contribution < -0.4 is 5.32 Å². The first-order chi connectivity index (χ1) is 10.7. The Labute approximate surface area is 140 Å². The van der Waals surface area contributed by atoms with Crippen molar-refractivity contribution in [3.63, 3.8) is 0 Å². The molecule has 1 heterocycles. The van der Waals surface area contributed by atoms with Gasteiger partial charge in [0.15, 0.2) is 0 Å². The molecule has 1 aliphatic rings. The Kier molecular flexibility index (Phi) is 12.1. The smallest absolute Gasteiger partial charge is 0.0193 e. The molecule has 0 bridgehead atoms. The second-order valence-corrected chi connectivity index (χ2v) is 7.54. The van der Waals surface area contributed by atoms with Crippen LogP contribution in [0.3, 0.4) is 0 Å². The molecule has 0 radical (unpaired) electrons. The quantitative estimate of drug-likeness (QED) is 0.460. The topological polar surface area (TPSA) is 15.3 Å². The summed E-state index contributed by atoms with van der Waals surface area (Å²) in [6.07, 6.45) is 17.3. The third kappa shape index (κ3) is 9.84. The van der Waals surface area contributed by atoms with Gasteiger partial charge in [-0.05, 0) is 26.8 Å². The lowest BCUT2D eigenvalue weighted by molar-refractivity contribution is 0.144. The van der Waals surface area contributed by atoms with Gasteiger partial charge in [-0.3, -0.25) is 4.90 Å². The maximum absolute atomic E-state index is 3.57. The van der Waals surface area contributed by atoms with E-state index < -0.39 is 0 Å². The van der Waals surface area contributed by atoms with Crippen molar-refractivity contribution >= 4 is 0 Å². The van der Waals surface area contributed by atoms with Crippen molar-refractivity contribution < 1.29 is 0 Å². The largest absolute Gasteiger partial charge is 0.311 e. The Morgan fingerprint density at radius 3 is 1.82 bits per heavy atom. The van der Waals surface area contributed by atoms with E-state index in [-0.39, 0.29) is 0 Å². The van der Waals surface area contributed by atoms with Gasteiger partial charge in [-0.1, -0.05) is 77.6 Å². The maximum atomic E-state index is 3.57. The zero-order valence-electron chi connectivity index (χ0n) is 15.7. The van der Waals surface area contributed by atoms with Crippen molar-refractivity contribution in [2.45, 2.75) is 110 Å². The number of rotatable bonds is 13. The number of hydrogen-bond donors (Lipinski definition) is 1. The predicted molar refractivity (Wildman–Crippen MR) is 99.6 cm³/mol. The second kappa shape index (κ2) is 13.4. The van der Waals surface area contributed by atoms with Crippen LogP contribution in [0.4, 0.5) is 0 Å². The molecular formula is C20H42N2. The molecule has 0 amide bonds. The van der Waals surface area contributed by atoms with E-state index in [0.717, 1.165) is 6.04 Å². The van der Waals surface area contributed by atoms with Crippen LogP contribution in [0.1, 0.15) is 97.8 Å². The summed E-state index contributed by atoms with van der Waals surface area (Å²) in [5.74, 6) is 0. The molecule has 132 valence electrons. The lowest BCUT2D eigenvalue weighted by Gasteiger charge is -2.37. The highest BCUT2D eigenvalue weighted by Crippen LogP contribution is 2.13. The summed E-state index contributed by atoms with van der Waals surface area (Å²) in [6.45, 7) is 10.7. The maximum Gasteiger partial charge on any atom is 0.0193 e. The Morgan fingerprint density at radius 1 is 0.773 bits per heavy atom. The Hall–Kier alpha value is -0.0800. The highest BCUT2D eigenvalue weighted by atomic mass is 15.2. The van der Waals surface area contributed by atoms with Gasteiger partial charge in [-0.2, -0.15) is 0 Å². The lowest BCUT2D eigenvalue weighted by Crippen LogP contribution is -2.54. The number of nitrogens with one attached hydrogen (secondary N) is 1. The van der Waals surface area contributed by atoms with E-state index in [9.17, 15) is 0 Å². The van der Waals surface area contributed by atoms with Crippen LogP contribution in [0.15, 0.2) is 0 Å². The average molecular weight is 311 g/mol. The highest BCUT2D eigenvalue weighted by Gasteiger charge is 2.21. The fraction of sp³-hybridized carbons (Fsp3) is 1.00. The molecule has 2 nitrogen and oxygen atoms in total. The molecule has 1 N–H and O–H groups in total. The van der Waals surface area contributed by atoms with Crippen LogP contribution in [0.25, 0.3) is 0 Å². The molecule has 1 saturated heterocycles. The molecular weight excluding hydrogens is 268 g/mol. The van der Waals surface area contributed by atoms with E-state index in [0.29, 0.717) is 6.04 Å². The first-order valence-corrected chi connectivity index (χ1v) is 10.2. The first-order valence-electron chi connectivity index (χ1n) is 10.2. The molecule has 0 aromatic carbocycles. The first kappa shape index (κ1) is 20.0. The summed E-state index contributed by atoms with van der Waals surface area (Å²) in [5, 5.41) is 3.57. The van der Waals surface area contributed by atoms with Crippen molar-refractivity contribution in [1.82, 2.24) is 10.2 Å². The molecule has 0 aliphatic carbocycles. The second-order valence-electron chi connectivity index (χ2n) is 7.54. The van der Waals surface area contributed by atoms with E-state index in [1.54, 1.807) is 0 Å². The number of nitrogens with zero attached hydrogens (tertiary/aromatic N) is 1. The number of unbranched alkanes of at least 4 members (excludes halogenated alkanes) is 11. The van der Waals surface area contributed by atoms with Gasteiger partial charge in [0.05, 0.1) is 0 Å². The summed E-state index contributed by atoms with van der Waals surface area (Å²) < 4.78 is 0. The Morgan fingerprint density at radius 2 is 1.27 bits per heavy atom. The zero-order chi connectivity index (χ0) is 16.0. The molecule has 2 heteroatoms. The van der Waals surface area contributed by atoms with E-state index in [1.807, 2.05) is 0 Å². The number of piperazine rings is 1. The fourth-order valence-corrected chi connectivity index (χ4v) is 3.56. The van der Waals surface area contributed by atoms with Crippen LogP contribution >= 0.6 is 0 Å². The monoisotopic (exact) mass is 310 g/mol. The summed E-state index contributed by atoms with van der Waals surface area (Å²) in [5.41, 5.74) is 0. The summed E-state index contributed by atoms with van der Waals surface area (Å²) in [4.78, 5) is 2.68. The van der Waals surface area contributed by atoms with Gasteiger partial charge in [0.1, 0.15) is 0 Å². The lowest BCUT2D eigenvalue weighted by atomic mass is 10.0. The SMILES string of the molecule is CCCCCCCCCCCCCCN1CC(C)NCC1C. The molecule has 0 spiro atoms. The van der Waals surface area contributed by atoms with Crippen LogP contribution in [-0.2, 0) is 0 Å². The molecule has 0 aromatic rings. The van der Waals surface area contributed by atoms with Gasteiger partial charge in [0.25, 0.3) is 0 Å². The molecule has 2 unspecified atom stereocenters. The fourth-order valence-electron chi connectivity index (χ4n) is 3.56. The Bertz CT molecular complexity index is 242. The standard InChI is InChI=1S/C20H42N2/c1-4-5-6-7-8-9-10-11-12-13-14-15-16-22-18-19(2)21-17-20(22)3/h19-21H,4-18H2,1-3H3. The van der Waals surface area contributed by atoms with Crippen molar-refractivity contribution in [3.05, 3.63) is 0 Å². The van der Waals surface area contributed by atoms with Gasteiger partial charge in [-0.15, -0.1) is 0 Å². The minimum absolute atomic E-state index is 0.675. The van der Waals surface area contributed by atoms with Crippen molar-refractivity contribution in [2.75, 3.05) is 19.6 Å². The van der Waals surface area contributed by atoms with Crippen LogP contribution in [0, 0.1) is 0 Å².